The number of hydrogen-bond donors (Lipinski definition) is 2. The van der Waals surface area contributed by atoms with E-state index in [1.807, 2.05) is 0 Å². The van der Waals surface area contributed by atoms with Crippen molar-refractivity contribution in [2.75, 3.05) is 0 Å². The van der Waals surface area contributed by atoms with Gasteiger partial charge in [-0.05, 0) is 24.3 Å². The zero-order valence-corrected chi connectivity index (χ0v) is 10.00. The molecule has 1 amide bonds. The Hall–Kier alpha value is -2.63. The van der Waals surface area contributed by atoms with Gasteiger partial charge in [0.05, 0.1) is 13.0 Å². The van der Waals surface area contributed by atoms with E-state index in [4.69, 9.17) is 9.52 Å². The Balaban J connectivity index is 1.84. The number of carbonyl (C=O) groups excluding carboxylic acids is 1. The van der Waals surface area contributed by atoms with Gasteiger partial charge in [0.2, 0.25) is 11.7 Å². The van der Waals surface area contributed by atoms with E-state index in [0.717, 1.165) is 0 Å². The molecule has 0 aliphatic carbocycles. The molecule has 0 spiro atoms. The van der Waals surface area contributed by atoms with E-state index in [9.17, 15) is 9.59 Å². The Morgan fingerprint density at radius 3 is 2.74 bits per heavy atom. The number of aromatic carboxylic acids is 1. The molecule has 0 aliphatic rings. The second kappa shape index (κ2) is 5.81. The number of furan rings is 1. The van der Waals surface area contributed by atoms with Crippen molar-refractivity contribution in [2.24, 2.45) is 0 Å². The molecule has 0 saturated carbocycles. The molecule has 0 radical (unpaired) electrons. The first-order chi connectivity index (χ1) is 9.15. The number of carboxylic acids is 1. The van der Waals surface area contributed by atoms with Gasteiger partial charge in [0.1, 0.15) is 5.76 Å². The minimum absolute atomic E-state index is 0.144. The van der Waals surface area contributed by atoms with Crippen molar-refractivity contribution in [1.29, 1.82) is 0 Å². The number of amides is 1. The van der Waals surface area contributed by atoms with Crippen molar-refractivity contribution < 1.29 is 19.1 Å². The number of nitrogens with one attached hydrogen (secondary N) is 1. The van der Waals surface area contributed by atoms with Crippen molar-refractivity contribution in [1.82, 2.24) is 10.3 Å². The van der Waals surface area contributed by atoms with Crippen molar-refractivity contribution in [3.63, 3.8) is 0 Å². The first-order valence-corrected chi connectivity index (χ1v) is 5.64. The number of hydrogen-bond acceptors (Lipinski definition) is 4. The number of pyridine rings is 1. The maximum absolute atomic E-state index is 11.6. The fraction of sp³-hybridized carbons (Fsp3) is 0.154. The summed E-state index contributed by atoms with van der Waals surface area (Å²) in [6.07, 6.45) is 1.79. The van der Waals surface area contributed by atoms with Crippen LogP contribution in [0.25, 0.3) is 0 Å². The quantitative estimate of drug-likeness (QED) is 0.843. The highest BCUT2D eigenvalue weighted by Crippen LogP contribution is 2.07. The van der Waals surface area contributed by atoms with E-state index in [1.165, 1.54) is 12.1 Å². The van der Waals surface area contributed by atoms with E-state index in [2.05, 4.69) is 10.3 Å². The van der Waals surface area contributed by atoms with Crippen LogP contribution in [0.1, 0.15) is 22.0 Å². The van der Waals surface area contributed by atoms with E-state index in [0.29, 0.717) is 11.5 Å². The largest absolute Gasteiger partial charge is 0.475 e. The van der Waals surface area contributed by atoms with Gasteiger partial charge in [-0.25, -0.2) is 4.79 Å². The van der Waals surface area contributed by atoms with Crippen molar-refractivity contribution >= 4 is 11.9 Å². The average Bonchev–Trinajstić information content (AvgIpc) is 2.86. The molecule has 0 unspecified atom stereocenters. The summed E-state index contributed by atoms with van der Waals surface area (Å²) >= 11 is 0. The van der Waals surface area contributed by atoms with Crippen LogP contribution in [-0.2, 0) is 17.8 Å². The summed E-state index contributed by atoms with van der Waals surface area (Å²) in [6, 6.07) is 8.21. The Morgan fingerprint density at radius 2 is 2.11 bits per heavy atom. The van der Waals surface area contributed by atoms with E-state index in [-0.39, 0.29) is 24.6 Å². The normalized spacial score (nSPS) is 10.1. The summed E-state index contributed by atoms with van der Waals surface area (Å²) in [5.74, 6) is -1.08. The van der Waals surface area contributed by atoms with Crippen LogP contribution in [0.15, 0.2) is 40.9 Å². The predicted octanol–water partition coefficient (Wildman–Crippen LogP) is 1.23. The van der Waals surface area contributed by atoms with Gasteiger partial charge in [0, 0.05) is 11.9 Å². The van der Waals surface area contributed by atoms with Gasteiger partial charge in [-0.15, -0.1) is 0 Å². The second-order valence-electron chi connectivity index (χ2n) is 3.85. The highest BCUT2D eigenvalue weighted by atomic mass is 16.4. The van der Waals surface area contributed by atoms with Gasteiger partial charge < -0.3 is 14.8 Å². The highest BCUT2D eigenvalue weighted by Gasteiger charge is 2.10. The lowest BCUT2D eigenvalue weighted by molar-refractivity contribution is -0.120. The van der Waals surface area contributed by atoms with Crippen LogP contribution in [0, 0.1) is 0 Å². The Labute approximate surface area is 109 Å². The molecule has 2 N–H and O–H groups in total. The molecule has 2 rings (SSSR count). The molecule has 6 heteroatoms. The number of aromatic nitrogens is 1. The number of nitrogens with zero attached hydrogens (tertiary/aromatic N) is 1. The fourth-order valence-corrected chi connectivity index (χ4v) is 1.50. The third-order valence-corrected chi connectivity index (χ3v) is 2.40. The third kappa shape index (κ3) is 3.67. The van der Waals surface area contributed by atoms with E-state index in [1.54, 1.807) is 24.4 Å². The standard InChI is InChI=1S/C13H12N2O4/c16-12(7-9-3-1-2-6-14-9)15-8-10-4-5-11(19-10)13(17)18/h1-6H,7-8H2,(H,15,16)(H,17,18). The van der Waals surface area contributed by atoms with Crippen LogP contribution in [-0.4, -0.2) is 22.0 Å². The minimum Gasteiger partial charge on any atom is -0.475 e. The lowest BCUT2D eigenvalue weighted by Gasteiger charge is -2.02. The predicted molar refractivity (Wildman–Crippen MR) is 65.5 cm³/mol. The Bertz CT molecular complexity index is 577. The Kier molecular flexibility index (Phi) is 3.92. The van der Waals surface area contributed by atoms with Gasteiger partial charge >= 0.3 is 5.97 Å². The molecule has 98 valence electrons. The molecule has 6 nitrogen and oxygen atoms in total. The molecule has 0 aromatic carbocycles. The average molecular weight is 260 g/mol. The van der Waals surface area contributed by atoms with Crippen LogP contribution in [0.5, 0.6) is 0 Å². The fourth-order valence-electron chi connectivity index (χ4n) is 1.50. The van der Waals surface area contributed by atoms with Crippen molar-refractivity contribution in [2.45, 2.75) is 13.0 Å². The smallest absolute Gasteiger partial charge is 0.371 e. The van der Waals surface area contributed by atoms with Crippen LogP contribution in [0.2, 0.25) is 0 Å². The molecule has 0 fully saturated rings. The summed E-state index contributed by atoms with van der Waals surface area (Å²) in [7, 11) is 0. The summed E-state index contributed by atoms with van der Waals surface area (Å²) < 4.78 is 5.02. The first kappa shape index (κ1) is 12.8. The second-order valence-corrected chi connectivity index (χ2v) is 3.85. The summed E-state index contributed by atoms with van der Waals surface area (Å²) in [5.41, 5.74) is 0.672. The maximum Gasteiger partial charge on any atom is 0.371 e. The lowest BCUT2D eigenvalue weighted by Crippen LogP contribution is -2.24. The van der Waals surface area contributed by atoms with Crippen molar-refractivity contribution in [3.8, 4) is 0 Å². The number of rotatable bonds is 5. The Morgan fingerprint density at radius 1 is 1.26 bits per heavy atom. The van der Waals surface area contributed by atoms with Crippen LogP contribution in [0.4, 0.5) is 0 Å². The number of carboxylic acid groups (broad SMARTS) is 1. The molecule has 0 aliphatic heterocycles. The zero-order chi connectivity index (χ0) is 13.7. The van der Waals surface area contributed by atoms with Gasteiger partial charge in [0.15, 0.2) is 0 Å². The summed E-state index contributed by atoms with van der Waals surface area (Å²) in [4.78, 5) is 26.3. The van der Waals surface area contributed by atoms with E-state index >= 15 is 0 Å². The molecule has 0 bridgehead atoms. The third-order valence-electron chi connectivity index (χ3n) is 2.40. The SMILES string of the molecule is O=C(Cc1ccccn1)NCc1ccc(C(=O)O)o1. The summed E-state index contributed by atoms with van der Waals surface area (Å²) in [6.45, 7) is 0.152. The minimum atomic E-state index is -1.13. The number of carbonyl (C=O) groups is 2. The van der Waals surface area contributed by atoms with Gasteiger partial charge in [-0.2, -0.15) is 0 Å². The topological polar surface area (TPSA) is 92.4 Å². The monoisotopic (exact) mass is 260 g/mol. The highest BCUT2D eigenvalue weighted by molar-refractivity contribution is 5.84. The molecule has 19 heavy (non-hydrogen) atoms. The van der Waals surface area contributed by atoms with E-state index < -0.39 is 5.97 Å². The molecule has 0 saturated heterocycles. The molecular weight excluding hydrogens is 248 g/mol. The first-order valence-electron chi connectivity index (χ1n) is 5.64. The van der Waals surface area contributed by atoms with Crippen LogP contribution >= 0.6 is 0 Å². The summed E-state index contributed by atoms with van der Waals surface area (Å²) in [5, 5.41) is 11.3. The van der Waals surface area contributed by atoms with Crippen LogP contribution < -0.4 is 5.32 Å². The van der Waals surface area contributed by atoms with Gasteiger partial charge in [0.25, 0.3) is 0 Å². The zero-order valence-electron chi connectivity index (χ0n) is 10.00. The lowest BCUT2D eigenvalue weighted by atomic mass is 10.2. The molecule has 2 aromatic rings. The van der Waals surface area contributed by atoms with Gasteiger partial charge in [-0.1, -0.05) is 6.07 Å². The molecule has 2 aromatic heterocycles. The molecule has 0 atom stereocenters. The van der Waals surface area contributed by atoms with Crippen LogP contribution in [0.3, 0.4) is 0 Å². The maximum atomic E-state index is 11.6. The molecule has 2 heterocycles. The van der Waals surface area contributed by atoms with Crippen molar-refractivity contribution in [3.05, 3.63) is 53.7 Å². The molecular formula is C13H12N2O4. The van der Waals surface area contributed by atoms with Gasteiger partial charge in [-0.3, -0.25) is 9.78 Å².